The van der Waals surface area contributed by atoms with Gasteiger partial charge in [-0.15, -0.1) is 11.3 Å². The maximum Gasteiger partial charge on any atom is 0.246 e. The predicted molar refractivity (Wildman–Crippen MR) is 109 cm³/mol. The first-order chi connectivity index (χ1) is 12.7. The molecule has 0 aliphatic rings. The first-order valence-electron chi connectivity index (χ1n) is 8.46. The quantitative estimate of drug-likeness (QED) is 0.474. The molecule has 3 aromatic carbocycles. The summed E-state index contributed by atoms with van der Waals surface area (Å²) in [7, 11) is 1.83. The molecule has 0 aliphatic heterocycles. The minimum atomic E-state index is -0.0304. The molecule has 4 aromatic rings. The zero-order valence-corrected chi connectivity index (χ0v) is 15.2. The smallest absolute Gasteiger partial charge is 0.246 e. The number of carbonyl (C=O) groups excluding carboxylic acids is 1. The molecule has 0 unspecified atom stereocenters. The van der Waals surface area contributed by atoms with Crippen molar-refractivity contribution in [1.29, 1.82) is 0 Å². The first-order valence-corrected chi connectivity index (χ1v) is 9.28. The van der Waals surface area contributed by atoms with Gasteiger partial charge in [0.15, 0.2) is 0 Å². The number of carbonyl (C=O) groups is 1. The summed E-state index contributed by atoms with van der Waals surface area (Å²) in [5, 5.41) is 3.22. The van der Waals surface area contributed by atoms with Crippen LogP contribution in [0.4, 0.5) is 0 Å². The van der Waals surface area contributed by atoms with E-state index in [9.17, 15) is 4.79 Å². The highest BCUT2D eigenvalue weighted by atomic mass is 32.1. The Balaban J connectivity index is 1.50. The molecular formula is C22H18N2OS. The molecule has 0 atom stereocenters. The molecule has 4 heteroatoms. The lowest BCUT2D eigenvalue weighted by molar-refractivity contribution is -0.125. The Kier molecular flexibility index (Phi) is 4.50. The third-order valence-electron chi connectivity index (χ3n) is 4.34. The molecule has 0 spiro atoms. The molecule has 0 bridgehead atoms. The second-order valence-electron chi connectivity index (χ2n) is 6.19. The summed E-state index contributed by atoms with van der Waals surface area (Å²) in [6, 6.07) is 22.4. The molecular weight excluding hydrogens is 340 g/mol. The average molecular weight is 358 g/mol. The molecule has 0 saturated carbocycles. The van der Waals surface area contributed by atoms with E-state index < -0.39 is 0 Å². The van der Waals surface area contributed by atoms with Gasteiger partial charge in [0.25, 0.3) is 0 Å². The summed E-state index contributed by atoms with van der Waals surface area (Å²) in [6.07, 6.45) is 3.40. The van der Waals surface area contributed by atoms with Gasteiger partial charge in [-0.05, 0) is 34.5 Å². The minimum Gasteiger partial charge on any atom is -0.338 e. The Morgan fingerprint density at radius 3 is 2.69 bits per heavy atom. The van der Waals surface area contributed by atoms with Crippen molar-refractivity contribution >= 4 is 44.3 Å². The topological polar surface area (TPSA) is 33.2 Å². The van der Waals surface area contributed by atoms with E-state index in [0.29, 0.717) is 6.54 Å². The second kappa shape index (κ2) is 7.10. The number of benzene rings is 3. The number of amides is 1. The van der Waals surface area contributed by atoms with Crippen molar-refractivity contribution in [2.24, 2.45) is 0 Å². The Morgan fingerprint density at radius 2 is 1.81 bits per heavy atom. The van der Waals surface area contributed by atoms with Crippen molar-refractivity contribution in [1.82, 2.24) is 9.88 Å². The molecule has 1 amide bonds. The average Bonchev–Trinajstić information content (AvgIpc) is 3.09. The highest BCUT2D eigenvalue weighted by Gasteiger charge is 2.09. The molecule has 1 heterocycles. The van der Waals surface area contributed by atoms with Gasteiger partial charge >= 0.3 is 0 Å². The largest absolute Gasteiger partial charge is 0.338 e. The van der Waals surface area contributed by atoms with E-state index in [2.05, 4.69) is 29.2 Å². The summed E-state index contributed by atoms with van der Waals surface area (Å²) in [4.78, 5) is 18.7. The van der Waals surface area contributed by atoms with Crippen LogP contribution in [0.1, 0.15) is 10.6 Å². The normalized spacial score (nSPS) is 11.4. The molecule has 0 radical (unpaired) electrons. The summed E-state index contributed by atoms with van der Waals surface area (Å²) in [5.74, 6) is -0.0304. The Hall–Kier alpha value is -2.98. The SMILES string of the molecule is CN(Cc1cccc2ccccc12)C(=O)/C=C/c1nc2ccccc2s1. The van der Waals surface area contributed by atoms with E-state index in [-0.39, 0.29) is 5.91 Å². The summed E-state index contributed by atoms with van der Waals surface area (Å²) in [5.41, 5.74) is 2.11. The monoisotopic (exact) mass is 358 g/mol. The van der Waals surface area contributed by atoms with Crippen LogP contribution >= 0.6 is 11.3 Å². The Morgan fingerprint density at radius 1 is 1.04 bits per heavy atom. The van der Waals surface area contributed by atoms with Gasteiger partial charge in [0, 0.05) is 19.7 Å². The van der Waals surface area contributed by atoms with E-state index in [1.54, 1.807) is 28.4 Å². The number of likely N-dealkylation sites (N-methyl/N-ethyl adjacent to an activating group) is 1. The zero-order chi connectivity index (χ0) is 17.9. The fourth-order valence-electron chi connectivity index (χ4n) is 2.99. The molecule has 26 heavy (non-hydrogen) atoms. The van der Waals surface area contributed by atoms with Gasteiger partial charge < -0.3 is 4.90 Å². The molecule has 4 rings (SSSR count). The number of aromatic nitrogens is 1. The van der Waals surface area contributed by atoms with Crippen LogP contribution in [0.3, 0.4) is 0 Å². The maximum absolute atomic E-state index is 12.5. The Bertz CT molecular complexity index is 1070. The summed E-state index contributed by atoms with van der Waals surface area (Å²) in [6.45, 7) is 0.574. The van der Waals surface area contributed by atoms with Gasteiger partial charge in [-0.1, -0.05) is 54.6 Å². The first kappa shape index (κ1) is 16.5. The second-order valence-corrected chi connectivity index (χ2v) is 7.25. The number of nitrogens with zero attached hydrogens (tertiary/aromatic N) is 2. The third kappa shape index (κ3) is 3.37. The predicted octanol–water partition coefficient (Wildman–Crippen LogP) is 5.12. The van der Waals surface area contributed by atoms with Gasteiger partial charge in [-0.3, -0.25) is 4.79 Å². The molecule has 128 valence electrons. The van der Waals surface area contributed by atoms with Crippen LogP contribution in [0.15, 0.2) is 72.8 Å². The number of thiazole rings is 1. The van der Waals surface area contributed by atoms with E-state index in [1.165, 1.54) is 10.8 Å². The fraction of sp³-hybridized carbons (Fsp3) is 0.0909. The highest BCUT2D eigenvalue weighted by molar-refractivity contribution is 7.19. The third-order valence-corrected chi connectivity index (χ3v) is 5.34. The number of hydrogen-bond donors (Lipinski definition) is 0. The highest BCUT2D eigenvalue weighted by Crippen LogP contribution is 2.23. The lowest BCUT2D eigenvalue weighted by Gasteiger charge is -2.16. The minimum absolute atomic E-state index is 0.0304. The van der Waals surface area contributed by atoms with E-state index in [1.807, 2.05) is 49.5 Å². The van der Waals surface area contributed by atoms with Crippen LogP contribution in [-0.4, -0.2) is 22.8 Å². The van der Waals surface area contributed by atoms with E-state index >= 15 is 0 Å². The molecule has 3 nitrogen and oxygen atoms in total. The molecule has 0 fully saturated rings. The standard InChI is InChI=1S/C22H18N2OS/c1-24(15-17-9-6-8-16-7-2-3-10-18(16)17)22(25)14-13-21-23-19-11-4-5-12-20(19)26-21/h2-14H,15H2,1H3/b14-13+. The van der Waals surface area contributed by atoms with Crippen molar-refractivity contribution in [2.45, 2.75) is 6.54 Å². The van der Waals surface area contributed by atoms with Gasteiger partial charge in [-0.25, -0.2) is 4.98 Å². The van der Waals surface area contributed by atoms with E-state index in [4.69, 9.17) is 0 Å². The molecule has 0 N–H and O–H groups in total. The number of rotatable bonds is 4. The molecule has 1 aromatic heterocycles. The summed E-state index contributed by atoms with van der Waals surface area (Å²) < 4.78 is 1.13. The van der Waals surface area contributed by atoms with Gasteiger partial charge in [0.2, 0.25) is 5.91 Å². The summed E-state index contributed by atoms with van der Waals surface area (Å²) >= 11 is 1.59. The van der Waals surface area contributed by atoms with Crippen molar-refractivity contribution in [2.75, 3.05) is 7.05 Å². The number of para-hydroxylation sites is 1. The van der Waals surface area contributed by atoms with Crippen molar-refractivity contribution in [3.8, 4) is 0 Å². The van der Waals surface area contributed by atoms with Crippen molar-refractivity contribution in [3.63, 3.8) is 0 Å². The van der Waals surface area contributed by atoms with Crippen LogP contribution in [-0.2, 0) is 11.3 Å². The van der Waals surface area contributed by atoms with Gasteiger partial charge in [-0.2, -0.15) is 0 Å². The molecule has 0 aliphatic carbocycles. The lowest BCUT2D eigenvalue weighted by Crippen LogP contribution is -2.24. The number of fused-ring (bicyclic) bond motifs is 2. The molecule has 0 saturated heterocycles. The van der Waals surface area contributed by atoms with Crippen molar-refractivity contribution < 1.29 is 4.79 Å². The zero-order valence-electron chi connectivity index (χ0n) is 14.4. The lowest BCUT2D eigenvalue weighted by atomic mass is 10.0. The van der Waals surface area contributed by atoms with Crippen LogP contribution in [0.2, 0.25) is 0 Å². The van der Waals surface area contributed by atoms with Crippen molar-refractivity contribution in [3.05, 3.63) is 83.4 Å². The maximum atomic E-state index is 12.5. The van der Waals surface area contributed by atoms with E-state index in [0.717, 1.165) is 20.8 Å². The number of hydrogen-bond acceptors (Lipinski definition) is 3. The fourth-order valence-corrected chi connectivity index (χ4v) is 3.87. The Labute approximate surface area is 156 Å². The van der Waals surface area contributed by atoms with Crippen LogP contribution in [0.5, 0.6) is 0 Å². The van der Waals surface area contributed by atoms with Crippen LogP contribution in [0, 0.1) is 0 Å². The van der Waals surface area contributed by atoms with Crippen LogP contribution < -0.4 is 0 Å². The van der Waals surface area contributed by atoms with Gasteiger partial charge in [0.1, 0.15) is 5.01 Å². The van der Waals surface area contributed by atoms with Gasteiger partial charge in [0.05, 0.1) is 10.2 Å². The van der Waals surface area contributed by atoms with Crippen LogP contribution in [0.25, 0.3) is 27.1 Å².